The van der Waals surface area contributed by atoms with Gasteiger partial charge in [-0.25, -0.2) is 0 Å². The lowest BCUT2D eigenvalue weighted by atomic mass is 9.77. The summed E-state index contributed by atoms with van der Waals surface area (Å²) in [6.45, 7) is 4.44. The van der Waals surface area contributed by atoms with Crippen LogP contribution in [0.1, 0.15) is 45.4 Å². The van der Waals surface area contributed by atoms with E-state index in [1.54, 1.807) is 0 Å². The molecule has 1 spiro atoms. The van der Waals surface area contributed by atoms with Crippen LogP contribution < -0.4 is 0 Å². The van der Waals surface area contributed by atoms with Crippen molar-refractivity contribution in [3.63, 3.8) is 0 Å². The lowest BCUT2D eigenvalue weighted by Gasteiger charge is -2.45. The molecule has 4 nitrogen and oxygen atoms in total. The first kappa shape index (κ1) is 13.8. The third kappa shape index (κ3) is 2.97. The van der Waals surface area contributed by atoms with Crippen LogP contribution in [0.25, 0.3) is 0 Å². The number of ether oxygens (including phenoxy) is 3. The Morgan fingerprint density at radius 1 is 1.11 bits per heavy atom. The van der Waals surface area contributed by atoms with Crippen molar-refractivity contribution >= 4 is 0 Å². The third-order valence-corrected chi connectivity index (χ3v) is 5.06. The predicted octanol–water partition coefficient (Wildman–Crippen LogP) is 1.89. The van der Waals surface area contributed by atoms with Gasteiger partial charge in [-0.05, 0) is 51.4 Å². The molecule has 0 amide bonds. The van der Waals surface area contributed by atoms with Gasteiger partial charge in [-0.15, -0.1) is 0 Å². The lowest BCUT2D eigenvalue weighted by Crippen LogP contribution is -2.48. The largest absolute Gasteiger partial charge is 0.390 e. The van der Waals surface area contributed by atoms with E-state index >= 15 is 0 Å². The van der Waals surface area contributed by atoms with Gasteiger partial charge in [-0.1, -0.05) is 0 Å². The van der Waals surface area contributed by atoms with Crippen LogP contribution in [0.5, 0.6) is 0 Å². The first-order valence-electron chi connectivity index (χ1n) is 7.74. The molecule has 4 unspecified atom stereocenters. The number of hydrogen-bond donors (Lipinski definition) is 1. The average Bonchev–Trinajstić information content (AvgIpc) is 2.85. The molecule has 0 aromatic heterocycles. The monoisotopic (exact) mass is 270 g/mol. The van der Waals surface area contributed by atoms with Crippen LogP contribution in [0.15, 0.2) is 0 Å². The van der Waals surface area contributed by atoms with Gasteiger partial charge in [0.25, 0.3) is 0 Å². The zero-order chi connectivity index (χ0) is 13.3. The van der Waals surface area contributed by atoms with Gasteiger partial charge in [0, 0.05) is 19.8 Å². The molecule has 0 radical (unpaired) electrons. The molecule has 1 N–H and O–H groups in total. The van der Waals surface area contributed by atoms with Crippen LogP contribution in [-0.2, 0) is 14.2 Å². The van der Waals surface area contributed by atoms with E-state index in [1.165, 1.54) is 0 Å². The highest BCUT2D eigenvalue weighted by Gasteiger charge is 2.43. The second kappa shape index (κ2) is 5.68. The minimum absolute atomic E-state index is 0.0354. The normalized spacial score (nSPS) is 40.4. The summed E-state index contributed by atoms with van der Waals surface area (Å²) in [5.74, 6) is 0.321. The summed E-state index contributed by atoms with van der Waals surface area (Å²) in [6, 6.07) is 0. The van der Waals surface area contributed by atoms with Gasteiger partial charge in [-0.2, -0.15) is 0 Å². The van der Waals surface area contributed by atoms with Crippen LogP contribution in [0.4, 0.5) is 0 Å². The van der Waals surface area contributed by atoms with Crippen molar-refractivity contribution in [1.29, 1.82) is 0 Å². The first-order chi connectivity index (χ1) is 9.19. The smallest absolute Gasteiger partial charge is 0.0841 e. The maximum atomic E-state index is 10.6. The summed E-state index contributed by atoms with van der Waals surface area (Å²) in [4.78, 5) is 0. The fourth-order valence-corrected chi connectivity index (χ4v) is 3.84. The van der Waals surface area contributed by atoms with Crippen LogP contribution in [0.3, 0.4) is 0 Å². The molecule has 3 aliphatic heterocycles. The maximum absolute atomic E-state index is 10.6. The van der Waals surface area contributed by atoms with E-state index in [4.69, 9.17) is 14.2 Å². The number of aliphatic hydroxyl groups is 1. The summed E-state index contributed by atoms with van der Waals surface area (Å²) >= 11 is 0. The van der Waals surface area contributed by atoms with Crippen molar-refractivity contribution in [2.24, 2.45) is 5.92 Å². The Morgan fingerprint density at radius 3 is 2.58 bits per heavy atom. The maximum Gasteiger partial charge on any atom is 0.0841 e. The molecule has 0 bridgehead atoms. The van der Waals surface area contributed by atoms with E-state index in [0.717, 1.165) is 58.3 Å². The van der Waals surface area contributed by atoms with Gasteiger partial charge >= 0.3 is 0 Å². The highest BCUT2D eigenvalue weighted by Crippen LogP contribution is 2.40. The molecular weight excluding hydrogens is 244 g/mol. The molecule has 110 valence electrons. The molecule has 3 fully saturated rings. The van der Waals surface area contributed by atoms with Crippen molar-refractivity contribution < 1.29 is 19.3 Å². The molecule has 3 aliphatic rings. The van der Waals surface area contributed by atoms with Crippen molar-refractivity contribution in [2.45, 2.75) is 69.4 Å². The number of rotatable bonds is 2. The molecule has 0 aromatic rings. The molecule has 3 heterocycles. The minimum Gasteiger partial charge on any atom is -0.390 e. The average molecular weight is 270 g/mol. The standard InChI is InChI=1S/C15H26O4/c1-11-2-3-13(19-11)14(16)12-4-7-18-15(10-12)5-8-17-9-6-15/h11-14,16H,2-10H2,1H3. The quantitative estimate of drug-likeness (QED) is 0.832. The highest BCUT2D eigenvalue weighted by atomic mass is 16.5. The van der Waals surface area contributed by atoms with Gasteiger partial charge in [0.1, 0.15) is 0 Å². The molecule has 4 atom stereocenters. The van der Waals surface area contributed by atoms with Gasteiger partial charge in [0.2, 0.25) is 0 Å². The van der Waals surface area contributed by atoms with Gasteiger partial charge in [-0.3, -0.25) is 0 Å². The number of aliphatic hydroxyl groups excluding tert-OH is 1. The summed E-state index contributed by atoms with van der Waals surface area (Å²) in [5, 5.41) is 10.6. The molecule has 0 aliphatic carbocycles. The predicted molar refractivity (Wildman–Crippen MR) is 71.0 cm³/mol. The molecule has 0 saturated carbocycles. The second-order valence-corrected chi connectivity index (χ2v) is 6.45. The third-order valence-electron chi connectivity index (χ3n) is 5.06. The van der Waals surface area contributed by atoms with E-state index < -0.39 is 0 Å². The molecule has 3 saturated heterocycles. The Balaban J connectivity index is 1.61. The van der Waals surface area contributed by atoms with Crippen molar-refractivity contribution in [1.82, 2.24) is 0 Å². The van der Waals surface area contributed by atoms with Gasteiger partial charge in [0.15, 0.2) is 0 Å². The second-order valence-electron chi connectivity index (χ2n) is 6.45. The van der Waals surface area contributed by atoms with Gasteiger partial charge in [0.05, 0.1) is 23.9 Å². The van der Waals surface area contributed by atoms with Crippen LogP contribution in [0.2, 0.25) is 0 Å². The Labute approximate surface area is 115 Å². The van der Waals surface area contributed by atoms with E-state index in [0.29, 0.717) is 12.0 Å². The van der Waals surface area contributed by atoms with Crippen LogP contribution in [-0.4, -0.2) is 48.8 Å². The summed E-state index contributed by atoms with van der Waals surface area (Å²) < 4.78 is 17.3. The van der Waals surface area contributed by atoms with Crippen molar-refractivity contribution in [2.75, 3.05) is 19.8 Å². The van der Waals surface area contributed by atoms with E-state index in [2.05, 4.69) is 6.92 Å². The summed E-state index contributed by atoms with van der Waals surface area (Å²) in [6.07, 6.45) is 5.94. The number of hydrogen-bond acceptors (Lipinski definition) is 4. The van der Waals surface area contributed by atoms with Crippen molar-refractivity contribution in [3.05, 3.63) is 0 Å². The Morgan fingerprint density at radius 2 is 1.89 bits per heavy atom. The van der Waals surface area contributed by atoms with Crippen LogP contribution >= 0.6 is 0 Å². The fraction of sp³-hybridized carbons (Fsp3) is 1.00. The molecule has 3 rings (SSSR count). The minimum atomic E-state index is -0.325. The summed E-state index contributed by atoms with van der Waals surface area (Å²) in [7, 11) is 0. The van der Waals surface area contributed by atoms with E-state index in [1.807, 2.05) is 0 Å². The van der Waals surface area contributed by atoms with E-state index in [9.17, 15) is 5.11 Å². The Hall–Kier alpha value is -0.160. The molecule has 0 aromatic carbocycles. The zero-order valence-corrected chi connectivity index (χ0v) is 11.8. The highest BCUT2D eigenvalue weighted by molar-refractivity contribution is 4.93. The molecule has 19 heavy (non-hydrogen) atoms. The van der Waals surface area contributed by atoms with E-state index in [-0.39, 0.29) is 17.8 Å². The Kier molecular flexibility index (Phi) is 4.13. The topological polar surface area (TPSA) is 47.9 Å². The summed E-state index contributed by atoms with van der Waals surface area (Å²) in [5.41, 5.74) is -0.0354. The van der Waals surface area contributed by atoms with Gasteiger partial charge < -0.3 is 19.3 Å². The molecule has 4 heteroatoms. The SMILES string of the molecule is CC1CCC(C(O)C2CCOC3(CCOCC3)C2)O1. The van der Waals surface area contributed by atoms with Crippen LogP contribution in [0, 0.1) is 5.92 Å². The Bertz CT molecular complexity index is 295. The fourth-order valence-electron chi connectivity index (χ4n) is 3.84. The van der Waals surface area contributed by atoms with Crippen molar-refractivity contribution in [3.8, 4) is 0 Å². The lowest BCUT2D eigenvalue weighted by molar-refractivity contribution is -0.168. The first-order valence-corrected chi connectivity index (χ1v) is 7.74. The zero-order valence-electron chi connectivity index (χ0n) is 11.8. The molecular formula is C15H26O4.